The lowest BCUT2D eigenvalue weighted by atomic mass is 9.80. The number of carbonyl (C=O) groups is 1. The third-order valence-corrected chi connectivity index (χ3v) is 6.08. The molecule has 2 heterocycles. The molecule has 0 bridgehead atoms. The van der Waals surface area contributed by atoms with E-state index in [9.17, 15) is 4.79 Å². The topological polar surface area (TPSA) is 20.3 Å². The molecule has 0 spiro atoms. The van der Waals surface area contributed by atoms with Crippen LogP contribution < -0.4 is 0 Å². The molecule has 148 valence electrons. The Morgan fingerprint density at radius 1 is 0.900 bits per heavy atom. The molecule has 2 atom stereocenters. The van der Waals surface area contributed by atoms with Crippen molar-refractivity contribution in [2.75, 3.05) is 6.54 Å². The van der Waals surface area contributed by atoms with E-state index in [0.29, 0.717) is 16.7 Å². The van der Waals surface area contributed by atoms with Gasteiger partial charge in [-0.15, -0.1) is 0 Å². The molecule has 1 fully saturated rings. The first kappa shape index (κ1) is 18.6. The Balaban J connectivity index is 1.66. The number of nitrogens with zero attached hydrogens (tertiary/aromatic N) is 1. The minimum absolute atomic E-state index is 0.0289. The largest absolute Gasteiger partial charge is 0.312 e. The molecule has 3 aromatic rings. The fourth-order valence-corrected chi connectivity index (χ4v) is 4.63. The second kappa shape index (κ2) is 6.81. The lowest BCUT2D eigenvalue weighted by Gasteiger charge is -2.33. The zero-order valence-electron chi connectivity index (χ0n) is 16.2. The average Bonchev–Trinajstić information content (AvgIpc) is 3.15. The molecule has 0 N–H and O–H groups in total. The number of carbonyl (C=O) groups excluding carboxylic acids is 1. The summed E-state index contributed by atoms with van der Waals surface area (Å²) >= 11 is 0. The third-order valence-electron chi connectivity index (χ3n) is 6.08. The second-order valence-electron chi connectivity index (χ2n) is 7.80. The Kier molecular flexibility index (Phi) is 4.22. The summed E-state index contributed by atoms with van der Waals surface area (Å²) in [5.41, 5.74) is 0.147. The summed E-state index contributed by atoms with van der Waals surface area (Å²) in [6.45, 7) is -0.0289. The summed E-state index contributed by atoms with van der Waals surface area (Å²) in [7, 11) is 0. The number of amides is 1. The van der Waals surface area contributed by atoms with E-state index >= 15 is 8.78 Å². The number of halogens is 2. The van der Waals surface area contributed by atoms with E-state index in [0.717, 1.165) is 5.56 Å². The van der Waals surface area contributed by atoms with Crippen molar-refractivity contribution in [2.24, 2.45) is 5.92 Å². The molecule has 2 unspecified atom stereocenters. The molecule has 4 heteroatoms. The third kappa shape index (κ3) is 2.59. The molecule has 5 rings (SSSR count). The molecule has 0 radical (unpaired) electrons. The molecule has 0 saturated carbocycles. The molecular weight excluding hydrogens is 380 g/mol. The van der Waals surface area contributed by atoms with Crippen LogP contribution in [0.25, 0.3) is 0 Å². The molecule has 0 aliphatic carbocycles. The van der Waals surface area contributed by atoms with Crippen LogP contribution in [0.2, 0.25) is 0 Å². The number of alkyl halides is 2. The first-order chi connectivity index (χ1) is 14.5. The number of fused-ring (bicyclic) bond motifs is 3. The molecule has 2 nitrogen and oxygen atoms in total. The maximum absolute atomic E-state index is 16.2. The predicted octanol–water partition coefficient (Wildman–Crippen LogP) is 4.90. The van der Waals surface area contributed by atoms with Crippen molar-refractivity contribution in [3.8, 4) is 11.8 Å². The fourth-order valence-electron chi connectivity index (χ4n) is 4.63. The van der Waals surface area contributed by atoms with Crippen LogP contribution in [0.5, 0.6) is 0 Å². The van der Waals surface area contributed by atoms with Gasteiger partial charge in [0.2, 0.25) is 0 Å². The molecule has 1 amide bonds. The van der Waals surface area contributed by atoms with E-state index in [1.807, 2.05) is 48.5 Å². The van der Waals surface area contributed by atoms with Crippen LogP contribution >= 0.6 is 0 Å². The summed E-state index contributed by atoms with van der Waals surface area (Å²) in [6.07, 6.45) is 0.189. The fraction of sp³-hybridized carbons (Fsp3) is 0.192. The van der Waals surface area contributed by atoms with Gasteiger partial charge < -0.3 is 4.90 Å². The standard InChI is InChI=1S/C26H19F2NO/c27-26(28)21(17-20-11-5-2-6-12-20)18-29-24(30)22-13-7-8-14-23(22)25(26,29)16-15-19-9-3-1-4-10-19/h1-14,21H,17-18H2. The highest BCUT2D eigenvalue weighted by atomic mass is 19.3. The van der Waals surface area contributed by atoms with Gasteiger partial charge in [-0.1, -0.05) is 78.6 Å². The van der Waals surface area contributed by atoms with Gasteiger partial charge in [-0.3, -0.25) is 4.79 Å². The summed E-state index contributed by atoms with van der Waals surface area (Å²) in [4.78, 5) is 14.4. The van der Waals surface area contributed by atoms with Crippen molar-refractivity contribution in [1.29, 1.82) is 0 Å². The lowest BCUT2D eigenvalue weighted by Crippen LogP contribution is -2.49. The summed E-state index contributed by atoms with van der Waals surface area (Å²) in [6, 6.07) is 24.9. The van der Waals surface area contributed by atoms with Crippen molar-refractivity contribution >= 4 is 5.91 Å². The van der Waals surface area contributed by atoms with Crippen molar-refractivity contribution in [3.63, 3.8) is 0 Å². The Hall–Kier alpha value is -3.45. The average molecular weight is 399 g/mol. The monoisotopic (exact) mass is 399 g/mol. The summed E-state index contributed by atoms with van der Waals surface area (Å²) < 4.78 is 32.3. The summed E-state index contributed by atoms with van der Waals surface area (Å²) in [5, 5.41) is 0. The summed E-state index contributed by atoms with van der Waals surface area (Å²) in [5.74, 6) is 1.21. The van der Waals surface area contributed by atoms with Gasteiger partial charge in [0, 0.05) is 29.2 Å². The first-order valence-electron chi connectivity index (χ1n) is 9.95. The highest BCUT2D eigenvalue weighted by Crippen LogP contribution is 2.57. The van der Waals surface area contributed by atoms with Crippen LogP contribution in [0.3, 0.4) is 0 Å². The van der Waals surface area contributed by atoms with Crippen molar-refractivity contribution in [1.82, 2.24) is 4.90 Å². The Bertz CT molecular complexity index is 1160. The second-order valence-corrected chi connectivity index (χ2v) is 7.80. The van der Waals surface area contributed by atoms with Crippen LogP contribution in [0.4, 0.5) is 8.78 Å². The van der Waals surface area contributed by atoms with Gasteiger partial charge in [-0.25, -0.2) is 8.78 Å². The molecule has 2 aliphatic heterocycles. The molecule has 1 saturated heterocycles. The van der Waals surface area contributed by atoms with Crippen LogP contribution in [0, 0.1) is 17.8 Å². The SMILES string of the molecule is O=C1c2ccccc2C2(C#Cc3ccccc3)N1CC(Cc1ccccc1)C2(F)F. The van der Waals surface area contributed by atoms with Gasteiger partial charge in [0.25, 0.3) is 11.8 Å². The van der Waals surface area contributed by atoms with Crippen molar-refractivity contribution in [3.05, 3.63) is 107 Å². The van der Waals surface area contributed by atoms with E-state index in [2.05, 4.69) is 11.8 Å². The number of hydrogen-bond acceptors (Lipinski definition) is 1. The molecule has 30 heavy (non-hydrogen) atoms. The zero-order valence-corrected chi connectivity index (χ0v) is 16.2. The number of hydrogen-bond donors (Lipinski definition) is 0. The van der Waals surface area contributed by atoms with Gasteiger partial charge in [0.15, 0.2) is 5.54 Å². The van der Waals surface area contributed by atoms with Crippen LogP contribution in [0.15, 0.2) is 84.9 Å². The quantitative estimate of drug-likeness (QED) is 0.562. The highest BCUT2D eigenvalue weighted by molar-refractivity contribution is 6.01. The molecule has 3 aromatic carbocycles. The smallest absolute Gasteiger partial charge is 0.291 e. The van der Waals surface area contributed by atoms with E-state index in [1.54, 1.807) is 36.4 Å². The Labute approximate surface area is 174 Å². The minimum Gasteiger partial charge on any atom is -0.312 e. The van der Waals surface area contributed by atoms with E-state index in [-0.39, 0.29) is 18.9 Å². The Morgan fingerprint density at radius 2 is 1.53 bits per heavy atom. The first-order valence-corrected chi connectivity index (χ1v) is 9.95. The number of benzene rings is 3. The van der Waals surface area contributed by atoms with E-state index in [1.165, 1.54) is 4.90 Å². The van der Waals surface area contributed by atoms with Gasteiger partial charge >= 0.3 is 0 Å². The normalized spacial score (nSPS) is 23.5. The maximum atomic E-state index is 16.2. The molecule has 2 aliphatic rings. The van der Waals surface area contributed by atoms with Crippen LogP contribution in [-0.4, -0.2) is 23.3 Å². The van der Waals surface area contributed by atoms with Gasteiger partial charge in [-0.2, -0.15) is 0 Å². The van der Waals surface area contributed by atoms with Gasteiger partial charge in [0.05, 0.1) is 0 Å². The van der Waals surface area contributed by atoms with E-state index in [4.69, 9.17) is 0 Å². The van der Waals surface area contributed by atoms with Crippen LogP contribution in [-0.2, 0) is 12.0 Å². The van der Waals surface area contributed by atoms with Crippen molar-refractivity contribution in [2.45, 2.75) is 17.9 Å². The van der Waals surface area contributed by atoms with Crippen LogP contribution in [0.1, 0.15) is 27.0 Å². The minimum atomic E-state index is -3.20. The van der Waals surface area contributed by atoms with Crippen molar-refractivity contribution < 1.29 is 13.6 Å². The highest BCUT2D eigenvalue weighted by Gasteiger charge is 2.71. The van der Waals surface area contributed by atoms with Gasteiger partial charge in [-0.05, 0) is 30.2 Å². The Morgan fingerprint density at radius 3 is 2.27 bits per heavy atom. The molecule has 0 aromatic heterocycles. The van der Waals surface area contributed by atoms with E-state index < -0.39 is 17.4 Å². The predicted molar refractivity (Wildman–Crippen MR) is 111 cm³/mol. The lowest BCUT2D eigenvalue weighted by molar-refractivity contribution is -0.0882. The number of rotatable bonds is 2. The van der Waals surface area contributed by atoms with Gasteiger partial charge in [0.1, 0.15) is 0 Å². The maximum Gasteiger partial charge on any atom is 0.291 e. The zero-order chi connectivity index (χ0) is 20.8. The molecular formula is C26H19F2NO.